The number of hydrogen-bond acceptors (Lipinski definition) is 7. The molecule has 4 aliphatic heterocycles. The molecule has 12 nitrogen and oxygen atoms in total. The van der Waals surface area contributed by atoms with Gasteiger partial charge in [0.25, 0.3) is 11.8 Å². The van der Waals surface area contributed by atoms with Crippen molar-refractivity contribution in [3.8, 4) is 0 Å². The van der Waals surface area contributed by atoms with Crippen LogP contribution in [0.4, 0.5) is 27.5 Å². The van der Waals surface area contributed by atoms with Crippen molar-refractivity contribution in [3.05, 3.63) is 70.4 Å². The zero-order valence-corrected chi connectivity index (χ0v) is 33.2. The van der Waals surface area contributed by atoms with E-state index in [-0.39, 0.29) is 30.0 Å². The number of ether oxygens (including phenoxy) is 1. The number of carbonyl (C=O) groups excluding carboxylic acids is 3. The maximum Gasteiger partial charge on any atom is 0.409 e. The summed E-state index contributed by atoms with van der Waals surface area (Å²) in [4.78, 5) is 54.3. The molecule has 4 fully saturated rings. The SMILES string of the molecule is [C-]#[N+]c1ccc(N2C(=O)C(C)(C)N(C3CCN(C(=O)OCC)CC3)C2=S)cc1C.[C-]#[N+]c1ccc(N2C(=O)C(C)(C)N(C3CCNCC3)C2=S)cc1C. The second kappa shape index (κ2) is 15.8. The average molecular weight is 757 g/mol. The highest BCUT2D eigenvalue weighted by Crippen LogP contribution is 2.39. The summed E-state index contributed by atoms with van der Waals surface area (Å²) in [5.41, 5.74) is 2.85. The number of anilines is 2. The molecule has 0 aliphatic carbocycles. The van der Waals surface area contributed by atoms with E-state index in [2.05, 4.69) is 19.9 Å². The molecular weight excluding hydrogens is 709 g/mol. The van der Waals surface area contributed by atoms with Crippen molar-refractivity contribution in [2.75, 3.05) is 42.6 Å². The molecule has 1 N–H and O–H groups in total. The van der Waals surface area contributed by atoms with Crippen molar-refractivity contribution in [2.24, 2.45) is 0 Å². The van der Waals surface area contributed by atoms with Gasteiger partial charge in [-0.25, -0.2) is 14.5 Å². The van der Waals surface area contributed by atoms with E-state index >= 15 is 0 Å². The topological polar surface area (TPSA) is 97.4 Å². The number of thiocarbonyl (C=S) groups is 2. The van der Waals surface area contributed by atoms with Gasteiger partial charge in [-0.2, -0.15) is 0 Å². The molecule has 0 saturated carbocycles. The summed E-state index contributed by atoms with van der Waals surface area (Å²) >= 11 is 11.4. The number of hydrogen-bond donors (Lipinski definition) is 1. The molecule has 4 saturated heterocycles. The Labute approximate surface area is 323 Å². The molecule has 0 aromatic heterocycles. The van der Waals surface area contributed by atoms with E-state index < -0.39 is 11.1 Å². The molecule has 6 rings (SSSR count). The molecule has 0 spiro atoms. The van der Waals surface area contributed by atoms with Gasteiger partial charge >= 0.3 is 6.09 Å². The molecule has 0 atom stereocenters. The van der Waals surface area contributed by atoms with E-state index in [0.29, 0.717) is 47.0 Å². The maximum absolute atomic E-state index is 13.3. The lowest BCUT2D eigenvalue weighted by atomic mass is 9.96. The Hall–Kier alpha value is -4.63. The lowest BCUT2D eigenvalue weighted by molar-refractivity contribution is -0.124. The van der Waals surface area contributed by atoms with Crippen LogP contribution < -0.4 is 15.1 Å². The highest BCUT2D eigenvalue weighted by atomic mass is 32.1. The van der Waals surface area contributed by atoms with Crippen LogP contribution in [-0.2, 0) is 14.3 Å². The van der Waals surface area contributed by atoms with Gasteiger partial charge in [0.15, 0.2) is 21.6 Å². The lowest BCUT2D eigenvalue weighted by Gasteiger charge is -2.41. The van der Waals surface area contributed by atoms with E-state index in [1.807, 2.05) is 64.6 Å². The smallest absolute Gasteiger partial charge is 0.409 e. The molecule has 0 bridgehead atoms. The second-order valence-corrected chi connectivity index (χ2v) is 15.5. The van der Waals surface area contributed by atoms with E-state index in [1.54, 1.807) is 39.8 Å². The van der Waals surface area contributed by atoms with Crippen LogP contribution in [0.15, 0.2) is 36.4 Å². The van der Waals surface area contributed by atoms with Gasteiger partial charge in [-0.15, -0.1) is 0 Å². The number of likely N-dealkylation sites (tertiary alicyclic amines) is 1. The number of rotatable bonds is 5. The molecule has 14 heteroatoms. The second-order valence-electron chi connectivity index (χ2n) is 14.8. The van der Waals surface area contributed by atoms with E-state index in [0.717, 1.165) is 55.6 Å². The third-order valence-electron chi connectivity index (χ3n) is 10.6. The molecule has 0 unspecified atom stereocenters. The van der Waals surface area contributed by atoms with Gasteiger partial charge in [0.1, 0.15) is 11.1 Å². The van der Waals surface area contributed by atoms with Gasteiger partial charge in [0.05, 0.1) is 19.8 Å². The number of nitrogens with zero attached hydrogens (tertiary/aromatic N) is 7. The molecule has 4 heterocycles. The van der Waals surface area contributed by atoms with Crippen molar-refractivity contribution in [3.63, 3.8) is 0 Å². The van der Waals surface area contributed by atoms with Crippen molar-refractivity contribution in [1.82, 2.24) is 20.0 Å². The maximum atomic E-state index is 13.3. The third kappa shape index (κ3) is 7.45. The van der Waals surface area contributed by atoms with Crippen LogP contribution in [-0.4, -0.2) is 98.8 Å². The molecule has 2 aromatic rings. The standard InChI is InChI=1S/C21H26N4O3S.C18H22N4OS/c1-6-28-20(27)23-11-9-15(10-12-23)25-19(29)24(18(26)21(25,3)4)16-7-8-17(22-5)14(2)13-16;1-12-11-14(5-6-15(12)19-4)21-16(23)18(2,3)22(17(21)24)13-7-9-20-10-8-13/h7-8,13,15H,6,9-12H2,1-4H3;5-6,11,13,20H,7-10H2,1-3H3. The summed E-state index contributed by atoms with van der Waals surface area (Å²) < 4.78 is 5.09. The van der Waals surface area contributed by atoms with Gasteiger partial charge in [-0.05, 0) is 147 Å². The van der Waals surface area contributed by atoms with Crippen LogP contribution in [0.3, 0.4) is 0 Å². The zero-order valence-electron chi connectivity index (χ0n) is 31.6. The fourth-order valence-electron chi connectivity index (χ4n) is 7.70. The van der Waals surface area contributed by atoms with Crippen molar-refractivity contribution >= 4 is 75.3 Å². The number of nitrogens with one attached hydrogen (secondary N) is 1. The number of carbonyl (C=O) groups is 3. The first kappa shape index (κ1) is 39.6. The third-order valence-corrected chi connectivity index (χ3v) is 11.4. The fourth-order valence-corrected chi connectivity index (χ4v) is 8.83. The zero-order chi connectivity index (χ0) is 38.8. The molecule has 4 aliphatic rings. The normalized spacial score (nSPS) is 20.3. The highest BCUT2D eigenvalue weighted by molar-refractivity contribution is 7.80. The van der Waals surface area contributed by atoms with Crippen LogP contribution in [0.25, 0.3) is 9.69 Å². The van der Waals surface area contributed by atoms with Crippen molar-refractivity contribution in [2.45, 2.75) is 97.3 Å². The van der Waals surface area contributed by atoms with Crippen LogP contribution in [0.2, 0.25) is 0 Å². The Morgan fingerprint density at radius 2 is 1.21 bits per heavy atom. The lowest BCUT2D eigenvalue weighted by Crippen LogP contribution is -2.54. The number of piperidine rings is 2. The van der Waals surface area contributed by atoms with Crippen molar-refractivity contribution < 1.29 is 19.1 Å². The first-order valence-electron chi connectivity index (χ1n) is 18.0. The summed E-state index contributed by atoms with van der Waals surface area (Å²) in [5, 5.41) is 4.41. The largest absolute Gasteiger partial charge is 0.450 e. The minimum Gasteiger partial charge on any atom is -0.450 e. The summed E-state index contributed by atoms with van der Waals surface area (Å²) in [6.45, 7) is 31.0. The minimum absolute atomic E-state index is 0.000921. The fraction of sp³-hybridized carbons (Fsp3) is 0.513. The van der Waals surface area contributed by atoms with E-state index in [4.69, 9.17) is 42.3 Å². The Balaban J connectivity index is 0.000000208. The average Bonchev–Trinajstić information content (AvgIpc) is 3.42. The van der Waals surface area contributed by atoms with Gasteiger partial charge in [0, 0.05) is 36.5 Å². The molecule has 2 aromatic carbocycles. The van der Waals surface area contributed by atoms with E-state index in [1.165, 1.54) is 0 Å². The van der Waals surface area contributed by atoms with Crippen LogP contribution >= 0.6 is 24.4 Å². The summed E-state index contributed by atoms with van der Waals surface area (Å²) in [5.74, 6) is -0.0775. The summed E-state index contributed by atoms with van der Waals surface area (Å²) in [7, 11) is 0. The predicted octanol–water partition coefficient (Wildman–Crippen LogP) is 6.89. The monoisotopic (exact) mass is 756 g/mol. The molecule has 3 amide bonds. The Bertz CT molecular complexity index is 1890. The first-order valence-corrected chi connectivity index (χ1v) is 18.9. The van der Waals surface area contributed by atoms with Crippen LogP contribution in [0, 0.1) is 27.0 Å². The molecule has 280 valence electrons. The summed E-state index contributed by atoms with van der Waals surface area (Å²) in [6.07, 6.45) is 3.13. The Morgan fingerprint density at radius 3 is 1.58 bits per heavy atom. The quantitative estimate of drug-likeness (QED) is 0.259. The van der Waals surface area contributed by atoms with Gasteiger partial charge < -0.3 is 24.8 Å². The number of aryl methyl sites for hydroxylation is 2. The van der Waals surface area contributed by atoms with Gasteiger partial charge in [-0.1, -0.05) is 12.1 Å². The van der Waals surface area contributed by atoms with Crippen LogP contribution in [0.5, 0.6) is 0 Å². The van der Waals surface area contributed by atoms with Crippen LogP contribution in [0.1, 0.15) is 71.4 Å². The van der Waals surface area contributed by atoms with Gasteiger partial charge in [0.2, 0.25) is 0 Å². The van der Waals surface area contributed by atoms with Gasteiger partial charge in [-0.3, -0.25) is 19.4 Å². The summed E-state index contributed by atoms with van der Waals surface area (Å²) in [6, 6.07) is 11.1. The molecular formula is C39H48N8O4S2. The minimum atomic E-state index is -0.778. The van der Waals surface area contributed by atoms with E-state index in [9.17, 15) is 14.4 Å². The predicted molar refractivity (Wildman–Crippen MR) is 214 cm³/mol. The Kier molecular flexibility index (Phi) is 11.8. The molecule has 53 heavy (non-hydrogen) atoms. The van der Waals surface area contributed by atoms with Crippen molar-refractivity contribution in [1.29, 1.82) is 0 Å². The number of amides is 3. The molecule has 0 radical (unpaired) electrons. The first-order chi connectivity index (χ1) is 25.1. The highest BCUT2D eigenvalue weighted by Gasteiger charge is 2.53. The Morgan fingerprint density at radius 1 is 0.792 bits per heavy atom. The number of benzene rings is 2.